The van der Waals surface area contributed by atoms with Gasteiger partial charge in [-0.15, -0.1) is 0 Å². The van der Waals surface area contributed by atoms with Crippen LogP contribution in [0.4, 0.5) is 0 Å². The molecule has 0 aromatic heterocycles. The molecule has 1 fully saturated rings. The van der Waals surface area contributed by atoms with Gasteiger partial charge in [0, 0.05) is 17.1 Å². The molecule has 0 amide bonds. The minimum atomic E-state index is -3.34. The predicted molar refractivity (Wildman–Crippen MR) is 71.5 cm³/mol. The molecular formula is C12H16BrNO2S. The summed E-state index contributed by atoms with van der Waals surface area (Å²) in [7, 11) is -3.34. The third-order valence-electron chi connectivity index (χ3n) is 3.00. The van der Waals surface area contributed by atoms with Crippen LogP contribution in [0, 0.1) is 6.92 Å². The van der Waals surface area contributed by atoms with Gasteiger partial charge in [0.1, 0.15) is 0 Å². The fourth-order valence-electron chi connectivity index (χ4n) is 1.97. The third kappa shape index (κ3) is 2.56. The maximum atomic E-state index is 12.5. The summed E-state index contributed by atoms with van der Waals surface area (Å²) < 4.78 is 27.5. The molecule has 3 nitrogen and oxygen atoms in total. The van der Waals surface area contributed by atoms with E-state index in [1.807, 2.05) is 26.0 Å². The van der Waals surface area contributed by atoms with E-state index in [1.165, 1.54) is 0 Å². The summed E-state index contributed by atoms with van der Waals surface area (Å²) in [5, 5.41) is 0. The molecule has 17 heavy (non-hydrogen) atoms. The van der Waals surface area contributed by atoms with Crippen molar-refractivity contribution in [1.29, 1.82) is 0 Å². The molecule has 0 heterocycles. The molecule has 1 aliphatic rings. The number of benzene rings is 1. The molecule has 0 radical (unpaired) electrons. The minimum absolute atomic E-state index is 0.211. The summed E-state index contributed by atoms with van der Waals surface area (Å²) in [5.41, 5.74) is 0.798. The molecule has 1 aliphatic carbocycles. The lowest BCUT2D eigenvalue weighted by atomic mass is 10.2. The first-order valence-electron chi connectivity index (χ1n) is 5.75. The zero-order valence-corrected chi connectivity index (χ0v) is 12.4. The minimum Gasteiger partial charge on any atom is -0.207 e. The molecule has 0 aliphatic heterocycles. The summed E-state index contributed by atoms with van der Waals surface area (Å²) >= 11 is 3.33. The van der Waals surface area contributed by atoms with Crippen molar-refractivity contribution in [3.63, 3.8) is 0 Å². The third-order valence-corrected chi connectivity index (χ3v) is 5.67. The highest BCUT2D eigenvalue weighted by Crippen LogP contribution is 2.33. The second kappa shape index (κ2) is 4.71. The number of aryl methyl sites for hydroxylation is 1. The smallest absolute Gasteiger partial charge is 0.207 e. The van der Waals surface area contributed by atoms with Gasteiger partial charge in [-0.25, -0.2) is 8.42 Å². The molecule has 94 valence electrons. The molecule has 5 heteroatoms. The van der Waals surface area contributed by atoms with E-state index >= 15 is 0 Å². The van der Waals surface area contributed by atoms with Gasteiger partial charge in [0.15, 0.2) is 0 Å². The highest BCUT2D eigenvalue weighted by atomic mass is 79.9. The Labute approximate surface area is 111 Å². The fourth-order valence-corrected chi connectivity index (χ4v) is 4.42. The average Bonchev–Trinajstić information content (AvgIpc) is 3.06. The first-order valence-corrected chi connectivity index (χ1v) is 7.98. The number of sulfonamides is 1. The second-order valence-corrected chi connectivity index (χ2v) is 7.12. The number of hydrogen-bond acceptors (Lipinski definition) is 2. The highest BCUT2D eigenvalue weighted by Gasteiger charge is 2.37. The maximum absolute atomic E-state index is 12.5. The molecule has 0 unspecified atom stereocenters. The van der Waals surface area contributed by atoms with Crippen molar-refractivity contribution >= 4 is 26.0 Å². The maximum Gasteiger partial charge on any atom is 0.243 e. The fraction of sp³-hybridized carbons (Fsp3) is 0.500. The van der Waals surface area contributed by atoms with E-state index in [0.717, 1.165) is 22.9 Å². The summed E-state index contributed by atoms with van der Waals surface area (Å²) in [6.45, 7) is 4.27. The van der Waals surface area contributed by atoms with E-state index in [9.17, 15) is 8.42 Å². The van der Waals surface area contributed by atoms with Crippen molar-refractivity contribution in [3.05, 3.63) is 28.2 Å². The molecule has 0 N–H and O–H groups in total. The van der Waals surface area contributed by atoms with Gasteiger partial charge in [0.25, 0.3) is 0 Å². The van der Waals surface area contributed by atoms with Crippen molar-refractivity contribution in [3.8, 4) is 0 Å². The van der Waals surface area contributed by atoms with Crippen LogP contribution in [-0.4, -0.2) is 25.3 Å². The van der Waals surface area contributed by atoms with Crippen molar-refractivity contribution in [2.45, 2.75) is 37.6 Å². The van der Waals surface area contributed by atoms with Gasteiger partial charge in [-0.2, -0.15) is 4.31 Å². The molecule has 0 spiro atoms. The first kappa shape index (κ1) is 13.1. The van der Waals surface area contributed by atoms with Gasteiger partial charge < -0.3 is 0 Å². The van der Waals surface area contributed by atoms with Crippen LogP contribution in [0.5, 0.6) is 0 Å². The molecule has 0 bridgehead atoms. The van der Waals surface area contributed by atoms with Crippen LogP contribution < -0.4 is 0 Å². The van der Waals surface area contributed by atoms with Crippen LogP contribution in [0.15, 0.2) is 27.6 Å². The number of hydrogen-bond donors (Lipinski definition) is 0. The summed E-state index contributed by atoms with van der Waals surface area (Å²) in [6.07, 6.45) is 1.97. The number of rotatable bonds is 4. The van der Waals surface area contributed by atoms with Crippen molar-refractivity contribution in [2.24, 2.45) is 0 Å². The van der Waals surface area contributed by atoms with Gasteiger partial charge in [0.05, 0.1) is 4.90 Å². The van der Waals surface area contributed by atoms with Gasteiger partial charge in [-0.1, -0.05) is 28.9 Å². The van der Waals surface area contributed by atoms with E-state index in [2.05, 4.69) is 15.9 Å². The standard InChI is InChI=1S/C12H16BrNO2S/c1-3-14(11-6-7-11)17(15,16)12-8-10(13)5-4-9(12)2/h4-5,8,11H,3,6-7H2,1-2H3. The van der Waals surface area contributed by atoms with Gasteiger partial charge >= 0.3 is 0 Å². The Morgan fingerprint density at radius 3 is 2.59 bits per heavy atom. The Kier molecular flexibility index (Phi) is 3.61. The molecule has 1 saturated carbocycles. The normalized spacial score (nSPS) is 16.5. The Bertz CT molecular complexity index is 523. The van der Waals surface area contributed by atoms with E-state index in [0.29, 0.717) is 11.4 Å². The van der Waals surface area contributed by atoms with Gasteiger partial charge in [0.2, 0.25) is 10.0 Å². The van der Waals surface area contributed by atoms with Crippen LogP contribution >= 0.6 is 15.9 Å². The first-order chi connectivity index (χ1) is 7.96. The zero-order chi connectivity index (χ0) is 12.6. The lowest BCUT2D eigenvalue weighted by Crippen LogP contribution is -2.33. The number of halogens is 1. The number of nitrogens with zero attached hydrogens (tertiary/aromatic N) is 1. The summed E-state index contributed by atoms with van der Waals surface area (Å²) in [4.78, 5) is 0.417. The average molecular weight is 318 g/mol. The van der Waals surface area contributed by atoms with Crippen LogP contribution in [0.2, 0.25) is 0 Å². The van der Waals surface area contributed by atoms with E-state index < -0.39 is 10.0 Å². The van der Waals surface area contributed by atoms with E-state index in [1.54, 1.807) is 10.4 Å². The topological polar surface area (TPSA) is 37.4 Å². The Morgan fingerprint density at radius 1 is 1.41 bits per heavy atom. The van der Waals surface area contributed by atoms with E-state index in [-0.39, 0.29) is 6.04 Å². The monoisotopic (exact) mass is 317 g/mol. The van der Waals surface area contributed by atoms with Crippen LogP contribution in [0.3, 0.4) is 0 Å². The second-order valence-electron chi connectivity index (χ2n) is 4.35. The molecular weight excluding hydrogens is 302 g/mol. The summed E-state index contributed by atoms with van der Waals surface area (Å²) in [5.74, 6) is 0. The van der Waals surface area contributed by atoms with Crippen LogP contribution in [0.1, 0.15) is 25.3 Å². The van der Waals surface area contributed by atoms with Crippen molar-refractivity contribution < 1.29 is 8.42 Å². The molecule has 0 atom stereocenters. The largest absolute Gasteiger partial charge is 0.243 e. The summed E-state index contributed by atoms with van der Waals surface area (Å²) in [6, 6.07) is 5.60. The van der Waals surface area contributed by atoms with Gasteiger partial charge in [-0.05, 0) is 37.5 Å². The van der Waals surface area contributed by atoms with Crippen molar-refractivity contribution in [2.75, 3.05) is 6.54 Å². The lowest BCUT2D eigenvalue weighted by Gasteiger charge is -2.21. The Balaban J connectivity index is 2.46. The molecule has 0 saturated heterocycles. The van der Waals surface area contributed by atoms with Gasteiger partial charge in [-0.3, -0.25) is 0 Å². The molecule has 2 rings (SSSR count). The SMILES string of the molecule is CCN(C1CC1)S(=O)(=O)c1cc(Br)ccc1C. The molecule has 1 aromatic carbocycles. The zero-order valence-electron chi connectivity index (χ0n) is 9.98. The van der Waals surface area contributed by atoms with E-state index in [4.69, 9.17) is 0 Å². The Morgan fingerprint density at radius 2 is 2.06 bits per heavy atom. The van der Waals surface area contributed by atoms with Crippen LogP contribution in [0.25, 0.3) is 0 Å². The quantitative estimate of drug-likeness (QED) is 0.856. The predicted octanol–water partition coefficient (Wildman–Crippen LogP) is 2.93. The van der Waals surface area contributed by atoms with Crippen LogP contribution in [-0.2, 0) is 10.0 Å². The highest BCUT2D eigenvalue weighted by molar-refractivity contribution is 9.10. The Hall–Kier alpha value is -0.390. The molecule has 1 aromatic rings. The van der Waals surface area contributed by atoms with Crippen molar-refractivity contribution in [1.82, 2.24) is 4.31 Å². The lowest BCUT2D eigenvalue weighted by molar-refractivity contribution is 0.420.